The van der Waals surface area contributed by atoms with Gasteiger partial charge in [0, 0.05) is 124 Å². The molecule has 366 valence electrons. The Hall–Kier alpha value is -4.64. The van der Waals surface area contributed by atoms with E-state index in [9.17, 15) is 79.2 Å². The summed E-state index contributed by atoms with van der Waals surface area (Å²) in [6.45, 7) is 0.00962. The van der Waals surface area contributed by atoms with Crippen molar-refractivity contribution in [3.63, 3.8) is 0 Å². The van der Waals surface area contributed by atoms with Crippen molar-refractivity contribution in [3.8, 4) is 0 Å². The number of nitrogens with zero attached hydrogens (tertiary/aromatic N) is 6. The molecule has 2 fully saturated rings. The van der Waals surface area contributed by atoms with Gasteiger partial charge in [-0.1, -0.05) is 0 Å². The van der Waals surface area contributed by atoms with E-state index in [1.807, 2.05) is 0 Å². The first-order chi connectivity index (χ1) is 30.4. The molecule has 2 rings (SSSR count). The molecule has 2 unspecified atom stereocenters. The predicted molar refractivity (Wildman–Crippen MR) is 225 cm³/mol. The minimum absolute atomic E-state index is 0.00897. The summed E-state index contributed by atoms with van der Waals surface area (Å²) in [5, 5.41) is 89.9. The molecule has 0 aromatic heterocycles. The van der Waals surface area contributed by atoms with Crippen LogP contribution in [0.4, 0.5) is 0 Å². The van der Waals surface area contributed by atoms with Crippen LogP contribution in [-0.4, -0.2) is 286 Å². The van der Waals surface area contributed by atoms with E-state index in [2.05, 4.69) is 21.3 Å². The van der Waals surface area contributed by atoms with Gasteiger partial charge in [0.05, 0.1) is 56.6 Å². The molecule has 64 heavy (non-hydrogen) atoms. The minimum atomic E-state index is -1.59. The molecule has 2 saturated heterocycles. The fraction of sp³-hybridized carbons (Fsp3) is 0.789. The fourth-order valence-corrected chi connectivity index (χ4v) is 7.69. The van der Waals surface area contributed by atoms with E-state index in [0.29, 0.717) is 26.2 Å². The van der Waals surface area contributed by atoms with Crippen LogP contribution in [0.25, 0.3) is 0 Å². The third kappa shape index (κ3) is 22.3. The zero-order chi connectivity index (χ0) is 47.7. The van der Waals surface area contributed by atoms with Crippen LogP contribution in [0, 0.1) is 0 Å². The van der Waals surface area contributed by atoms with E-state index in [0.717, 1.165) is 0 Å². The predicted octanol–water partition coefficient (Wildman–Crippen LogP) is -6.23. The highest BCUT2D eigenvalue weighted by Gasteiger charge is 2.38. The SMILES string of the molecule is O=C(O)CC(C(=O)NCC(CCO)(CCO)NC(=O)C(CC(=O)O)N1CCNCCN(CC(=O)O)CCN(CC(=O)O)CC1)N1CCNCCN(CC(=O)O)CCN(CC(=O)O)CC1. The van der Waals surface area contributed by atoms with Crippen molar-refractivity contribution in [1.29, 1.82) is 0 Å². The summed E-state index contributed by atoms with van der Waals surface area (Å²) in [7, 11) is 0. The number of carboxylic acids is 6. The van der Waals surface area contributed by atoms with Crippen LogP contribution in [0.5, 0.6) is 0 Å². The largest absolute Gasteiger partial charge is 0.481 e. The number of rotatable bonds is 23. The lowest BCUT2D eigenvalue weighted by Gasteiger charge is -2.39. The maximum atomic E-state index is 14.3. The van der Waals surface area contributed by atoms with Crippen molar-refractivity contribution >= 4 is 47.6 Å². The fourth-order valence-electron chi connectivity index (χ4n) is 7.69. The monoisotopic (exact) mass is 920 g/mol. The van der Waals surface area contributed by atoms with Gasteiger partial charge in [-0.15, -0.1) is 0 Å². The number of aliphatic hydroxyl groups excluding tert-OH is 2. The standard InChI is InChI=1S/C38H68N10O16/c49-19-1-38(2-20-50,42-37(64)29(22-31(53)54)48-10-6-40-4-8-44(24-33(57)58)12-14-46(16-18-48)26-35(61)62)27-41-36(63)28(21-30(51)52)47-9-5-39-3-7-43(23-32(55)56)11-13-45(15-17-47)25-34(59)60/h28-29,39-40,49-50H,1-27H2,(H,41,63)(H,42,64)(H,51,52)(H,53,54)(H,55,56)(H,57,58)(H,59,60)(H,61,62). The van der Waals surface area contributed by atoms with E-state index < -0.39 is 111 Å². The van der Waals surface area contributed by atoms with Gasteiger partial charge in [-0.05, 0) is 12.8 Å². The van der Waals surface area contributed by atoms with Crippen LogP contribution in [0.1, 0.15) is 25.7 Å². The third-order valence-electron chi connectivity index (χ3n) is 11.1. The molecule has 12 N–H and O–H groups in total. The van der Waals surface area contributed by atoms with Crippen LogP contribution in [0.2, 0.25) is 0 Å². The molecule has 0 aliphatic carbocycles. The molecule has 2 heterocycles. The maximum absolute atomic E-state index is 14.3. The van der Waals surface area contributed by atoms with Gasteiger partial charge in [-0.25, -0.2) is 0 Å². The van der Waals surface area contributed by atoms with Crippen LogP contribution >= 0.6 is 0 Å². The zero-order valence-electron chi connectivity index (χ0n) is 36.3. The summed E-state index contributed by atoms with van der Waals surface area (Å²) in [6, 6.07) is -2.70. The quantitative estimate of drug-likeness (QED) is 0.0454. The summed E-state index contributed by atoms with van der Waals surface area (Å²) in [5.74, 6) is -8.69. The number of carbonyl (C=O) groups excluding carboxylic acids is 2. The Kier molecular flexibility index (Phi) is 25.8. The van der Waals surface area contributed by atoms with Crippen molar-refractivity contribution in [2.24, 2.45) is 0 Å². The molecular weight excluding hydrogens is 852 g/mol. The Morgan fingerprint density at radius 2 is 0.781 bits per heavy atom. The second kappa shape index (κ2) is 29.7. The second-order valence-electron chi connectivity index (χ2n) is 15.9. The number of amides is 2. The highest BCUT2D eigenvalue weighted by Crippen LogP contribution is 2.18. The van der Waals surface area contributed by atoms with E-state index in [4.69, 9.17) is 0 Å². The number of hydrogen-bond donors (Lipinski definition) is 12. The van der Waals surface area contributed by atoms with Gasteiger partial charge in [0.25, 0.3) is 0 Å². The van der Waals surface area contributed by atoms with Crippen LogP contribution in [0.15, 0.2) is 0 Å². The first-order valence-electron chi connectivity index (χ1n) is 21.3. The number of carbonyl (C=O) groups is 8. The molecule has 2 aliphatic rings. The average Bonchev–Trinajstić information content (AvgIpc) is 3.19. The molecule has 0 aromatic carbocycles. The van der Waals surface area contributed by atoms with Crippen LogP contribution in [-0.2, 0) is 38.4 Å². The summed E-state index contributed by atoms with van der Waals surface area (Å²) in [6.07, 6.45) is -1.87. The molecule has 26 heteroatoms. The van der Waals surface area contributed by atoms with Gasteiger partial charge in [-0.3, -0.25) is 67.8 Å². The van der Waals surface area contributed by atoms with E-state index in [1.165, 1.54) is 0 Å². The lowest BCUT2D eigenvalue weighted by molar-refractivity contribution is -0.143. The number of nitrogens with one attached hydrogen (secondary N) is 4. The van der Waals surface area contributed by atoms with Crippen LogP contribution in [0.3, 0.4) is 0 Å². The number of hydrogen-bond acceptors (Lipinski definition) is 18. The van der Waals surface area contributed by atoms with Crippen LogP contribution < -0.4 is 21.3 Å². The van der Waals surface area contributed by atoms with E-state index >= 15 is 0 Å². The molecule has 0 aromatic rings. The number of carboxylic acid groups (broad SMARTS) is 6. The Balaban J connectivity index is 2.39. The minimum Gasteiger partial charge on any atom is -0.481 e. The van der Waals surface area contributed by atoms with Gasteiger partial charge in [0.15, 0.2) is 0 Å². The van der Waals surface area contributed by atoms with Crippen molar-refractivity contribution < 1.29 is 79.2 Å². The topological polar surface area (TPSA) is 366 Å². The molecule has 0 saturated carbocycles. The third-order valence-corrected chi connectivity index (χ3v) is 11.1. The summed E-state index contributed by atoms with van der Waals surface area (Å²) < 4.78 is 0. The highest BCUT2D eigenvalue weighted by molar-refractivity contribution is 5.88. The van der Waals surface area contributed by atoms with Crippen molar-refractivity contribution in [2.75, 3.05) is 151 Å². The van der Waals surface area contributed by atoms with Crippen molar-refractivity contribution in [2.45, 2.75) is 43.3 Å². The lowest BCUT2D eigenvalue weighted by atomic mass is 9.90. The van der Waals surface area contributed by atoms with Gasteiger partial charge >= 0.3 is 35.8 Å². The Bertz CT molecular complexity index is 1520. The zero-order valence-corrected chi connectivity index (χ0v) is 36.3. The lowest BCUT2D eigenvalue weighted by Crippen LogP contribution is -2.63. The highest BCUT2D eigenvalue weighted by atomic mass is 16.4. The molecule has 2 amide bonds. The molecule has 2 aliphatic heterocycles. The van der Waals surface area contributed by atoms with Crippen molar-refractivity contribution in [3.05, 3.63) is 0 Å². The molecule has 0 radical (unpaired) electrons. The normalized spacial score (nSPS) is 19.3. The summed E-state index contributed by atoms with van der Waals surface area (Å²) in [5.41, 5.74) is -1.59. The second-order valence-corrected chi connectivity index (χ2v) is 15.9. The Morgan fingerprint density at radius 3 is 1.12 bits per heavy atom. The van der Waals surface area contributed by atoms with Gasteiger partial charge in [-0.2, -0.15) is 0 Å². The first kappa shape index (κ1) is 55.5. The molecular formula is C38H68N10O16. The Labute approximate surface area is 371 Å². The first-order valence-corrected chi connectivity index (χ1v) is 21.3. The molecule has 0 bridgehead atoms. The number of aliphatic hydroxyl groups is 2. The van der Waals surface area contributed by atoms with Gasteiger partial charge < -0.3 is 62.1 Å². The summed E-state index contributed by atoms with van der Waals surface area (Å²) >= 11 is 0. The van der Waals surface area contributed by atoms with Gasteiger partial charge in [0.1, 0.15) is 0 Å². The molecule has 0 spiro atoms. The smallest absolute Gasteiger partial charge is 0.317 e. The summed E-state index contributed by atoms with van der Waals surface area (Å²) in [4.78, 5) is 109. The maximum Gasteiger partial charge on any atom is 0.317 e. The van der Waals surface area contributed by atoms with E-state index in [1.54, 1.807) is 29.4 Å². The number of aliphatic carboxylic acids is 6. The molecule has 2 atom stereocenters. The van der Waals surface area contributed by atoms with Gasteiger partial charge in [0.2, 0.25) is 11.8 Å². The van der Waals surface area contributed by atoms with Crippen molar-refractivity contribution in [1.82, 2.24) is 50.7 Å². The average molecular weight is 921 g/mol. The molecule has 26 nitrogen and oxygen atoms in total. The Morgan fingerprint density at radius 1 is 0.453 bits per heavy atom. The van der Waals surface area contributed by atoms with E-state index in [-0.39, 0.29) is 104 Å².